The topological polar surface area (TPSA) is 59.0 Å². The van der Waals surface area contributed by atoms with E-state index in [1.807, 2.05) is 36.5 Å². The average Bonchev–Trinajstić information content (AvgIpc) is 3.03. The maximum atomic E-state index is 12.1. The third-order valence-corrected chi connectivity index (χ3v) is 3.57. The first kappa shape index (κ1) is 12.9. The minimum Gasteiger partial charge on any atom is -0.326 e. The molecule has 5 nitrogen and oxygen atoms in total. The van der Waals surface area contributed by atoms with E-state index in [1.54, 1.807) is 10.9 Å². The van der Waals surface area contributed by atoms with Gasteiger partial charge in [0.1, 0.15) is 0 Å². The molecule has 1 fully saturated rings. The highest BCUT2D eigenvalue weighted by molar-refractivity contribution is 5.92. The number of benzene rings is 1. The molecule has 0 saturated carbocycles. The van der Waals surface area contributed by atoms with E-state index < -0.39 is 0 Å². The fourth-order valence-electron chi connectivity index (χ4n) is 2.44. The molecule has 1 aliphatic heterocycles. The molecule has 104 valence electrons. The predicted octanol–water partition coefficient (Wildman–Crippen LogP) is 1.81. The minimum atomic E-state index is 0.0783. The monoisotopic (exact) mass is 270 g/mol. The van der Waals surface area contributed by atoms with Crippen molar-refractivity contribution >= 4 is 11.6 Å². The van der Waals surface area contributed by atoms with Crippen LogP contribution in [0.2, 0.25) is 0 Å². The van der Waals surface area contributed by atoms with Crippen LogP contribution in [0, 0.1) is 5.92 Å². The summed E-state index contributed by atoms with van der Waals surface area (Å²) in [6.07, 6.45) is 5.66. The van der Waals surface area contributed by atoms with E-state index in [2.05, 4.69) is 15.7 Å². The van der Waals surface area contributed by atoms with Crippen molar-refractivity contribution in [3.63, 3.8) is 0 Å². The molecule has 1 atom stereocenters. The number of rotatable bonds is 3. The van der Waals surface area contributed by atoms with Crippen LogP contribution in [-0.4, -0.2) is 28.8 Å². The van der Waals surface area contributed by atoms with Gasteiger partial charge in [-0.25, -0.2) is 4.68 Å². The van der Waals surface area contributed by atoms with Crippen molar-refractivity contribution < 1.29 is 4.79 Å². The molecule has 0 radical (unpaired) electrons. The van der Waals surface area contributed by atoms with E-state index in [0.717, 1.165) is 37.3 Å². The van der Waals surface area contributed by atoms with E-state index in [-0.39, 0.29) is 11.8 Å². The number of nitrogens with one attached hydrogen (secondary N) is 2. The summed E-state index contributed by atoms with van der Waals surface area (Å²) in [4.78, 5) is 12.1. The second kappa shape index (κ2) is 5.88. The highest BCUT2D eigenvalue weighted by Crippen LogP contribution is 2.16. The highest BCUT2D eigenvalue weighted by Gasteiger charge is 2.20. The van der Waals surface area contributed by atoms with Gasteiger partial charge in [-0.1, -0.05) is 0 Å². The van der Waals surface area contributed by atoms with E-state index in [0.29, 0.717) is 0 Å². The van der Waals surface area contributed by atoms with Crippen LogP contribution in [0.4, 0.5) is 5.69 Å². The molecular weight excluding hydrogens is 252 g/mol. The van der Waals surface area contributed by atoms with Crippen LogP contribution >= 0.6 is 0 Å². The van der Waals surface area contributed by atoms with Gasteiger partial charge in [-0.15, -0.1) is 0 Å². The zero-order valence-corrected chi connectivity index (χ0v) is 11.2. The lowest BCUT2D eigenvalue weighted by molar-refractivity contribution is -0.120. The molecule has 0 aliphatic carbocycles. The Bertz CT molecular complexity index is 556. The fraction of sp³-hybridized carbons (Fsp3) is 0.333. The summed E-state index contributed by atoms with van der Waals surface area (Å²) in [5.41, 5.74) is 1.81. The lowest BCUT2D eigenvalue weighted by Gasteiger charge is -2.21. The summed E-state index contributed by atoms with van der Waals surface area (Å²) in [6.45, 7) is 1.79. The van der Waals surface area contributed by atoms with Crippen molar-refractivity contribution in [1.82, 2.24) is 15.1 Å². The smallest absolute Gasteiger partial charge is 0.228 e. The first-order valence-corrected chi connectivity index (χ1v) is 6.94. The molecule has 1 amide bonds. The Kier molecular flexibility index (Phi) is 3.78. The Balaban J connectivity index is 1.64. The van der Waals surface area contributed by atoms with Gasteiger partial charge in [0.2, 0.25) is 5.91 Å². The summed E-state index contributed by atoms with van der Waals surface area (Å²) < 4.78 is 1.79. The number of carbonyl (C=O) groups is 1. The van der Waals surface area contributed by atoms with Crippen molar-refractivity contribution in [3.05, 3.63) is 42.7 Å². The number of anilines is 1. The summed E-state index contributed by atoms with van der Waals surface area (Å²) in [7, 11) is 0. The van der Waals surface area contributed by atoms with Crippen molar-refractivity contribution in [2.45, 2.75) is 12.8 Å². The number of hydrogen-bond donors (Lipinski definition) is 2. The highest BCUT2D eigenvalue weighted by atomic mass is 16.1. The molecule has 2 aromatic rings. The minimum absolute atomic E-state index is 0.0783. The van der Waals surface area contributed by atoms with Gasteiger partial charge in [-0.3, -0.25) is 4.79 Å². The lowest BCUT2D eigenvalue weighted by Crippen LogP contribution is -2.37. The molecule has 0 bridgehead atoms. The molecule has 5 heteroatoms. The largest absolute Gasteiger partial charge is 0.326 e. The van der Waals surface area contributed by atoms with Gasteiger partial charge < -0.3 is 10.6 Å². The van der Waals surface area contributed by atoms with Crippen molar-refractivity contribution in [2.75, 3.05) is 18.4 Å². The normalized spacial score (nSPS) is 18.7. The predicted molar refractivity (Wildman–Crippen MR) is 77.8 cm³/mol. The second-order valence-electron chi connectivity index (χ2n) is 5.03. The van der Waals surface area contributed by atoms with E-state index in [4.69, 9.17) is 0 Å². The molecule has 1 saturated heterocycles. The molecule has 1 aliphatic rings. The summed E-state index contributed by atoms with van der Waals surface area (Å²) in [5.74, 6) is 0.179. The van der Waals surface area contributed by atoms with Crippen LogP contribution in [0.25, 0.3) is 5.69 Å². The van der Waals surface area contributed by atoms with E-state index in [9.17, 15) is 4.79 Å². The Morgan fingerprint density at radius 3 is 2.85 bits per heavy atom. The van der Waals surface area contributed by atoms with Crippen LogP contribution < -0.4 is 10.6 Å². The average molecular weight is 270 g/mol. The number of carbonyl (C=O) groups excluding carboxylic acids is 1. The number of hydrogen-bond acceptors (Lipinski definition) is 3. The van der Waals surface area contributed by atoms with Gasteiger partial charge in [0.15, 0.2) is 0 Å². The molecular formula is C15H18N4O. The van der Waals surface area contributed by atoms with Crippen LogP contribution in [-0.2, 0) is 4.79 Å². The molecule has 2 heterocycles. The lowest BCUT2D eigenvalue weighted by atomic mass is 9.99. The van der Waals surface area contributed by atoms with Gasteiger partial charge in [0, 0.05) is 24.6 Å². The van der Waals surface area contributed by atoms with Gasteiger partial charge >= 0.3 is 0 Å². The Morgan fingerprint density at radius 1 is 1.35 bits per heavy atom. The van der Waals surface area contributed by atoms with Gasteiger partial charge in [-0.2, -0.15) is 5.10 Å². The number of amides is 1. The summed E-state index contributed by atoms with van der Waals surface area (Å²) in [5, 5.41) is 10.4. The molecule has 1 aromatic carbocycles. The fourth-order valence-corrected chi connectivity index (χ4v) is 2.44. The van der Waals surface area contributed by atoms with Crippen molar-refractivity contribution in [3.8, 4) is 5.69 Å². The molecule has 2 N–H and O–H groups in total. The maximum absolute atomic E-state index is 12.1. The van der Waals surface area contributed by atoms with Crippen LogP contribution in [0.5, 0.6) is 0 Å². The Labute approximate surface area is 118 Å². The summed E-state index contributed by atoms with van der Waals surface area (Å²) >= 11 is 0. The van der Waals surface area contributed by atoms with Crippen LogP contribution in [0.3, 0.4) is 0 Å². The van der Waals surface area contributed by atoms with Crippen molar-refractivity contribution in [1.29, 1.82) is 0 Å². The first-order chi connectivity index (χ1) is 9.83. The zero-order chi connectivity index (χ0) is 13.8. The molecule has 0 spiro atoms. The van der Waals surface area contributed by atoms with Gasteiger partial charge in [0.05, 0.1) is 11.6 Å². The number of aromatic nitrogens is 2. The van der Waals surface area contributed by atoms with Crippen LogP contribution in [0.15, 0.2) is 42.7 Å². The molecule has 1 aromatic heterocycles. The third-order valence-electron chi connectivity index (χ3n) is 3.57. The third kappa shape index (κ3) is 2.88. The molecule has 20 heavy (non-hydrogen) atoms. The molecule has 1 unspecified atom stereocenters. The molecule has 3 rings (SSSR count). The quantitative estimate of drug-likeness (QED) is 0.894. The standard InChI is InChI=1S/C15H18N4O/c20-15(12-3-1-8-16-11-12)18-13-4-6-14(7-5-13)19-10-2-9-17-19/h2,4-7,9-10,12,16H,1,3,8,11H2,(H,18,20). The maximum Gasteiger partial charge on any atom is 0.228 e. The second-order valence-corrected chi connectivity index (χ2v) is 5.03. The summed E-state index contributed by atoms with van der Waals surface area (Å²) in [6, 6.07) is 9.59. The van der Waals surface area contributed by atoms with Crippen LogP contribution in [0.1, 0.15) is 12.8 Å². The van der Waals surface area contributed by atoms with Crippen molar-refractivity contribution in [2.24, 2.45) is 5.92 Å². The zero-order valence-electron chi connectivity index (χ0n) is 11.2. The Morgan fingerprint density at radius 2 is 2.20 bits per heavy atom. The SMILES string of the molecule is O=C(Nc1ccc(-n2cccn2)cc1)C1CCCNC1. The van der Waals surface area contributed by atoms with E-state index in [1.165, 1.54) is 0 Å². The number of piperidine rings is 1. The van der Waals surface area contributed by atoms with Gasteiger partial charge in [0.25, 0.3) is 0 Å². The Hall–Kier alpha value is -2.14. The van der Waals surface area contributed by atoms with E-state index >= 15 is 0 Å². The van der Waals surface area contributed by atoms with Gasteiger partial charge in [-0.05, 0) is 49.7 Å². The number of nitrogens with zero attached hydrogens (tertiary/aromatic N) is 2. The first-order valence-electron chi connectivity index (χ1n) is 6.94.